The number of hydrogen-bond acceptors (Lipinski definition) is 2. The molecule has 0 fully saturated rings. The third-order valence-electron chi connectivity index (χ3n) is 2.02. The largest absolute Gasteiger partial charge is 0.505 e. The fourth-order valence-corrected chi connectivity index (χ4v) is 1.30. The number of phenolic OH excluding ortho intramolecular Hbond substituents is 1. The van der Waals surface area contributed by atoms with E-state index in [2.05, 4.69) is 0 Å². The molecule has 1 aromatic rings. The molecule has 0 heterocycles. The molecule has 1 aromatic carbocycles. The van der Waals surface area contributed by atoms with E-state index in [0.717, 1.165) is 12.8 Å². The van der Waals surface area contributed by atoms with Gasteiger partial charge in [-0.05, 0) is 12.5 Å². The quantitative estimate of drug-likeness (QED) is 0.821. The van der Waals surface area contributed by atoms with Crippen molar-refractivity contribution in [2.24, 2.45) is 5.73 Å². The second-order valence-electron chi connectivity index (χ2n) is 3.07. The zero-order valence-electron chi connectivity index (χ0n) is 8.03. The molecule has 80 valence electrons. The zero-order chi connectivity index (χ0) is 9.84. The van der Waals surface area contributed by atoms with Crippen LogP contribution in [0.5, 0.6) is 5.75 Å². The van der Waals surface area contributed by atoms with Crippen molar-refractivity contribution in [3.63, 3.8) is 0 Å². The standard InChI is InChI=1S/C10H14FNO.ClH/c1-2-4-9(12)7-5-3-6-8(11)10(7)13;/h3,5-6,9,13H,2,4,12H2,1H3;1H/t9-;/m1./s1. The summed E-state index contributed by atoms with van der Waals surface area (Å²) in [6.07, 6.45) is 1.66. The van der Waals surface area contributed by atoms with E-state index >= 15 is 0 Å². The van der Waals surface area contributed by atoms with E-state index in [-0.39, 0.29) is 24.2 Å². The number of aromatic hydroxyl groups is 1. The van der Waals surface area contributed by atoms with Crippen LogP contribution in [0.2, 0.25) is 0 Å². The molecular formula is C10H15ClFNO. The predicted molar refractivity (Wildman–Crippen MR) is 57.1 cm³/mol. The minimum Gasteiger partial charge on any atom is -0.505 e. The summed E-state index contributed by atoms with van der Waals surface area (Å²) in [6, 6.07) is 4.15. The van der Waals surface area contributed by atoms with Crippen molar-refractivity contribution < 1.29 is 9.50 Å². The Morgan fingerprint density at radius 1 is 1.50 bits per heavy atom. The lowest BCUT2D eigenvalue weighted by Gasteiger charge is -2.12. The molecular weight excluding hydrogens is 205 g/mol. The first-order valence-electron chi connectivity index (χ1n) is 4.39. The number of benzene rings is 1. The molecule has 0 unspecified atom stereocenters. The van der Waals surface area contributed by atoms with Crippen LogP contribution in [0.25, 0.3) is 0 Å². The van der Waals surface area contributed by atoms with E-state index in [0.29, 0.717) is 5.56 Å². The molecule has 0 saturated carbocycles. The van der Waals surface area contributed by atoms with Gasteiger partial charge in [-0.1, -0.05) is 25.5 Å². The van der Waals surface area contributed by atoms with Gasteiger partial charge in [-0.3, -0.25) is 0 Å². The van der Waals surface area contributed by atoms with Gasteiger partial charge in [0.25, 0.3) is 0 Å². The predicted octanol–water partition coefficient (Wildman–Crippen LogP) is 2.75. The Morgan fingerprint density at radius 2 is 2.14 bits per heavy atom. The molecule has 0 saturated heterocycles. The van der Waals surface area contributed by atoms with Crippen molar-refractivity contribution in [1.29, 1.82) is 0 Å². The van der Waals surface area contributed by atoms with Crippen molar-refractivity contribution in [3.8, 4) is 5.75 Å². The highest BCUT2D eigenvalue weighted by Crippen LogP contribution is 2.27. The smallest absolute Gasteiger partial charge is 0.165 e. The zero-order valence-corrected chi connectivity index (χ0v) is 8.85. The van der Waals surface area contributed by atoms with Crippen LogP contribution < -0.4 is 5.73 Å². The monoisotopic (exact) mass is 219 g/mol. The number of phenols is 1. The van der Waals surface area contributed by atoms with Crippen LogP contribution in [-0.2, 0) is 0 Å². The third-order valence-corrected chi connectivity index (χ3v) is 2.02. The maximum Gasteiger partial charge on any atom is 0.165 e. The van der Waals surface area contributed by atoms with Gasteiger partial charge in [0.15, 0.2) is 11.6 Å². The first kappa shape index (κ1) is 13.2. The number of hydrogen-bond donors (Lipinski definition) is 2. The van der Waals surface area contributed by atoms with E-state index in [4.69, 9.17) is 5.73 Å². The van der Waals surface area contributed by atoms with Gasteiger partial charge in [0.2, 0.25) is 0 Å². The molecule has 3 N–H and O–H groups in total. The van der Waals surface area contributed by atoms with E-state index in [1.165, 1.54) is 6.07 Å². The molecule has 1 atom stereocenters. The van der Waals surface area contributed by atoms with E-state index in [9.17, 15) is 9.50 Å². The topological polar surface area (TPSA) is 46.2 Å². The highest BCUT2D eigenvalue weighted by molar-refractivity contribution is 5.85. The van der Waals surface area contributed by atoms with Gasteiger partial charge >= 0.3 is 0 Å². The Labute approximate surface area is 89.3 Å². The fraction of sp³-hybridized carbons (Fsp3) is 0.400. The average Bonchev–Trinajstić information content (AvgIpc) is 2.10. The van der Waals surface area contributed by atoms with Crippen LogP contribution in [0.1, 0.15) is 31.4 Å². The molecule has 0 amide bonds. The Balaban J connectivity index is 0.00000169. The normalized spacial score (nSPS) is 11.9. The van der Waals surface area contributed by atoms with Crippen molar-refractivity contribution in [1.82, 2.24) is 0 Å². The average molecular weight is 220 g/mol. The Hall–Kier alpha value is -0.800. The molecule has 1 rings (SSSR count). The molecule has 0 radical (unpaired) electrons. The second-order valence-corrected chi connectivity index (χ2v) is 3.07. The van der Waals surface area contributed by atoms with Gasteiger partial charge < -0.3 is 10.8 Å². The van der Waals surface area contributed by atoms with Crippen molar-refractivity contribution >= 4 is 12.4 Å². The van der Waals surface area contributed by atoms with Gasteiger partial charge in [0.1, 0.15) is 0 Å². The fourth-order valence-electron chi connectivity index (χ4n) is 1.30. The van der Waals surface area contributed by atoms with Crippen LogP contribution in [0.3, 0.4) is 0 Å². The van der Waals surface area contributed by atoms with E-state index in [1.54, 1.807) is 12.1 Å². The summed E-state index contributed by atoms with van der Waals surface area (Å²) < 4.78 is 12.9. The molecule has 0 spiro atoms. The van der Waals surface area contributed by atoms with Gasteiger partial charge in [-0.15, -0.1) is 12.4 Å². The minimum atomic E-state index is -0.607. The summed E-state index contributed by atoms with van der Waals surface area (Å²) in [6.45, 7) is 2.00. The van der Waals surface area contributed by atoms with Crippen LogP contribution in [-0.4, -0.2) is 5.11 Å². The SMILES string of the molecule is CCC[C@@H](N)c1cccc(F)c1O.Cl. The summed E-state index contributed by atoms with van der Waals surface area (Å²) in [5.41, 5.74) is 6.24. The highest BCUT2D eigenvalue weighted by Gasteiger charge is 2.12. The molecule has 4 heteroatoms. The molecule has 0 aliphatic heterocycles. The van der Waals surface area contributed by atoms with Gasteiger partial charge in [0.05, 0.1) is 0 Å². The van der Waals surface area contributed by atoms with Gasteiger partial charge in [0, 0.05) is 11.6 Å². The van der Waals surface area contributed by atoms with Crippen LogP contribution in [0.15, 0.2) is 18.2 Å². The molecule has 2 nitrogen and oxygen atoms in total. The van der Waals surface area contributed by atoms with Crippen molar-refractivity contribution in [2.45, 2.75) is 25.8 Å². The lowest BCUT2D eigenvalue weighted by Crippen LogP contribution is -2.10. The Bertz CT molecular complexity index is 293. The maximum atomic E-state index is 12.9. The number of rotatable bonds is 3. The minimum absolute atomic E-state index is 0. The first-order valence-corrected chi connectivity index (χ1v) is 4.39. The molecule has 0 aromatic heterocycles. The maximum absolute atomic E-state index is 12.9. The van der Waals surface area contributed by atoms with E-state index in [1.807, 2.05) is 6.92 Å². The lowest BCUT2D eigenvalue weighted by molar-refractivity contribution is 0.418. The summed E-state index contributed by atoms with van der Waals surface area (Å²) in [4.78, 5) is 0. The van der Waals surface area contributed by atoms with Crippen LogP contribution >= 0.6 is 12.4 Å². The van der Waals surface area contributed by atoms with Crippen molar-refractivity contribution in [3.05, 3.63) is 29.6 Å². The Morgan fingerprint density at radius 3 is 2.71 bits per heavy atom. The van der Waals surface area contributed by atoms with Crippen LogP contribution in [0.4, 0.5) is 4.39 Å². The molecule has 14 heavy (non-hydrogen) atoms. The van der Waals surface area contributed by atoms with Gasteiger partial charge in [-0.2, -0.15) is 0 Å². The van der Waals surface area contributed by atoms with E-state index < -0.39 is 5.82 Å². The van der Waals surface area contributed by atoms with Crippen LogP contribution in [0, 0.1) is 5.82 Å². The number of halogens is 2. The summed E-state index contributed by atoms with van der Waals surface area (Å²) in [5, 5.41) is 9.34. The molecule has 0 aliphatic carbocycles. The summed E-state index contributed by atoms with van der Waals surface area (Å²) >= 11 is 0. The molecule has 0 bridgehead atoms. The van der Waals surface area contributed by atoms with Crippen molar-refractivity contribution in [2.75, 3.05) is 0 Å². The summed E-state index contributed by atoms with van der Waals surface area (Å²) in [5.74, 6) is -0.924. The third kappa shape index (κ3) is 2.86. The number of para-hydroxylation sites is 1. The first-order chi connectivity index (χ1) is 6.16. The lowest BCUT2D eigenvalue weighted by atomic mass is 10.0. The highest BCUT2D eigenvalue weighted by atomic mass is 35.5. The number of nitrogens with two attached hydrogens (primary N) is 1. The Kier molecular flexibility index (Phi) is 5.50. The summed E-state index contributed by atoms with van der Waals surface area (Å²) in [7, 11) is 0. The second kappa shape index (κ2) is 5.83. The van der Waals surface area contributed by atoms with Gasteiger partial charge in [-0.25, -0.2) is 4.39 Å². The molecule has 0 aliphatic rings.